The van der Waals surface area contributed by atoms with Crippen LogP contribution < -0.4 is 5.32 Å². The molecule has 0 aliphatic carbocycles. The Hall–Kier alpha value is -0.610. The zero-order chi connectivity index (χ0) is 10.3. The predicted octanol–water partition coefficient (Wildman–Crippen LogP) is 0.910. The quantitative estimate of drug-likeness (QED) is 0.478. The van der Waals surface area contributed by atoms with E-state index in [0.29, 0.717) is 13.0 Å². The number of carbonyl (C=O) groups excluding carboxylic acids is 1. The minimum Gasteiger partial charge on any atom is -0.356 e. The first-order valence-electron chi connectivity index (χ1n) is 4.40. The highest BCUT2D eigenvalue weighted by Crippen LogP contribution is 2.07. The Morgan fingerprint density at radius 2 is 2.08 bits per heavy atom. The summed E-state index contributed by atoms with van der Waals surface area (Å²) in [7, 11) is 0. The van der Waals surface area contributed by atoms with Crippen molar-refractivity contribution in [3.8, 4) is 0 Å². The minimum absolute atomic E-state index is 0.162. The largest absolute Gasteiger partial charge is 0.356 e. The van der Waals surface area contributed by atoms with E-state index < -0.39 is 0 Å². The number of nitrogens with one attached hydrogen (secondary N) is 1. The minimum atomic E-state index is -0.379. The van der Waals surface area contributed by atoms with E-state index in [2.05, 4.69) is 5.32 Å². The van der Waals surface area contributed by atoms with Crippen LogP contribution in [0, 0.1) is 0 Å². The van der Waals surface area contributed by atoms with Gasteiger partial charge in [0.2, 0.25) is 6.41 Å². The fourth-order valence-electron chi connectivity index (χ4n) is 0.668. The molecule has 0 aromatic carbocycles. The molecule has 0 rings (SSSR count). The molecule has 4 nitrogen and oxygen atoms in total. The van der Waals surface area contributed by atoms with Gasteiger partial charge in [-0.1, -0.05) is 0 Å². The average molecular weight is 189 g/mol. The van der Waals surface area contributed by atoms with Gasteiger partial charge in [0.05, 0.1) is 11.7 Å². The Labute approximate surface area is 79.6 Å². The van der Waals surface area contributed by atoms with Crippen molar-refractivity contribution >= 4 is 6.41 Å². The van der Waals surface area contributed by atoms with Crippen LogP contribution in [0.3, 0.4) is 0 Å². The standard InChI is InChI=1S/C9H19NO3/c1-8(2)12-7-13-9(3,4)5-10-6-11/h6,8H,5,7H2,1-4H3,(H,10,11). The van der Waals surface area contributed by atoms with E-state index in [-0.39, 0.29) is 18.5 Å². The summed E-state index contributed by atoms with van der Waals surface area (Å²) >= 11 is 0. The second-order valence-corrected chi connectivity index (χ2v) is 3.74. The van der Waals surface area contributed by atoms with Gasteiger partial charge in [-0.3, -0.25) is 4.79 Å². The van der Waals surface area contributed by atoms with Gasteiger partial charge < -0.3 is 14.8 Å². The van der Waals surface area contributed by atoms with Gasteiger partial charge in [-0.25, -0.2) is 0 Å². The van der Waals surface area contributed by atoms with Crippen molar-refractivity contribution in [2.75, 3.05) is 13.3 Å². The lowest BCUT2D eigenvalue weighted by atomic mass is 10.1. The van der Waals surface area contributed by atoms with E-state index in [1.807, 2.05) is 27.7 Å². The monoisotopic (exact) mass is 189 g/mol. The summed E-state index contributed by atoms with van der Waals surface area (Å²) in [5, 5.41) is 2.57. The van der Waals surface area contributed by atoms with Gasteiger partial charge in [0.15, 0.2) is 0 Å². The maximum absolute atomic E-state index is 10.0. The molecule has 0 saturated heterocycles. The van der Waals surface area contributed by atoms with Crippen LogP contribution in [0.1, 0.15) is 27.7 Å². The van der Waals surface area contributed by atoms with E-state index in [9.17, 15) is 4.79 Å². The van der Waals surface area contributed by atoms with Crippen molar-refractivity contribution in [3.63, 3.8) is 0 Å². The highest BCUT2D eigenvalue weighted by Gasteiger charge is 2.17. The fourth-order valence-corrected chi connectivity index (χ4v) is 0.668. The zero-order valence-electron chi connectivity index (χ0n) is 8.79. The normalized spacial score (nSPS) is 11.8. The lowest BCUT2D eigenvalue weighted by Crippen LogP contribution is -2.38. The van der Waals surface area contributed by atoms with Crippen LogP contribution >= 0.6 is 0 Å². The number of carbonyl (C=O) groups is 1. The van der Waals surface area contributed by atoms with Gasteiger partial charge in [0, 0.05) is 6.54 Å². The molecule has 0 atom stereocenters. The van der Waals surface area contributed by atoms with Gasteiger partial charge in [0.25, 0.3) is 0 Å². The lowest BCUT2D eigenvalue weighted by molar-refractivity contribution is -0.142. The molecule has 13 heavy (non-hydrogen) atoms. The third-order valence-corrected chi connectivity index (χ3v) is 1.46. The van der Waals surface area contributed by atoms with Crippen molar-refractivity contribution in [2.45, 2.75) is 39.4 Å². The summed E-state index contributed by atoms with van der Waals surface area (Å²) in [4.78, 5) is 10.0. The maximum atomic E-state index is 10.0. The molecule has 0 heterocycles. The first kappa shape index (κ1) is 12.4. The summed E-state index contributed by atoms with van der Waals surface area (Å²) in [6, 6.07) is 0. The molecule has 4 heteroatoms. The Bertz CT molecular complexity index is 146. The van der Waals surface area contributed by atoms with Crippen LogP contribution in [-0.2, 0) is 14.3 Å². The molecule has 0 saturated carbocycles. The Morgan fingerprint density at radius 3 is 2.54 bits per heavy atom. The van der Waals surface area contributed by atoms with Crippen molar-refractivity contribution in [3.05, 3.63) is 0 Å². The highest BCUT2D eigenvalue weighted by atomic mass is 16.7. The van der Waals surface area contributed by atoms with Gasteiger partial charge in [0.1, 0.15) is 6.79 Å². The summed E-state index contributed by atoms with van der Waals surface area (Å²) in [5.41, 5.74) is -0.379. The third kappa shape index (κ3) is 7.74. The molecule has 0 spiro atoms. The van der Waals surface area contributed by atoms with Crippen LogP contribution in [0.25, 0.3) is 0 Å². The summed E-state index contributed by atoms with van der Waals surface area (Å²) in [6.07, 6.45) is 0.823. The number of ether oxygens (including phenoxy) is 2. The summed E-state index contributed by atoms with van der Waals surface area (Å²) < 4.78 is 10.6. The van der Waals surface area contributed by atoms with Crippen molar-refractivity contribution < 1.29 is 14.3 Å². The summed E-state index contributed by atoms with van der Waals surface area (Å²) in [6.45, 7) is 8.42. The van der Waals surface area contributed by atoms with Crippen LogP contribution in [0.4, 0.5) is 0 Å². The average Bonchev–Trinajstić information content (AvgIpc) is 2.00. The zero-order valence-corrected chi connectivity index (χ0v) is 8.79. The van der Waals surface area contributed by atoms with Crippen molar-refractivity contribution in [1.29, 1.82) is 0 Å². The van der Waals surface area contributed by atoms with Crippen molar-refractivity contribution in [2.24, 2.45) is 0 Å². The first-order valence-corrected chi connectivity index (χ1v) is 4.40. The van der Waals surface area contributed by atoms with Crippen LogP contribution in [0.5, 0.6) is 0 Å². The molecule has 0 fully saturated rings. The van der Waals surface area contributed by atoms with Crippen molar-refractivity contribution in [1.82, 2.24) is 5.32 Å². The van der Waals surface area contributed by atoms with Crippen LogP contribution in [0.15, 0.2) is 0 Å². The van der Waals surface area contributed by atoms with E-state index in [1.165, 1.54) is 0 Å². The first-order chi connectivity index (χ1) is 5.98. The van der Waals surface area contributed by atoms with Gasteiger partial charge in [-0.15, -0.1) is 0 Å². The smallest absolute Gasteiger partial charge is 0.207 e. The number of hydrogen-bond donors (Lipinski definition) is 1. The molecule has 0 aromatic heterocycles. The second-order valence-electron chi connectivity index (χ2n) is 3.74. The van der Waals surface area contributed by atoms with E-state index in [4.69, 9.17) is 9.47 Å². The lowest BCUT2D eigenvalue weighted by Gasteiger charge is -2.25. The highest BCUT2D eigenvalue weighted by molar-refractivity contribution is 5.45. The molecule has 0 radical (unpaired) electrons. The predicted molar refractivity (Wildman–Crippen MR) is 50.3 cm³/mol. The molecule has 0 unspecified atom stereocenters. The van der Waals surface area contributed by atoms with Crippen LogP contribution in [-0.4, -0.2) is 31.5 Å². The third-order valence-electron chi connectivity index (χ3n) is 1.46. The number of rotatable bonds is 7. The molecule has 1 amide bonds. The number of amides is 1. The van der Waals surface area contributed by atoms with Gasteiger partial charge in [-0.05, 0) is 27.7 Å². The molecular weight excluding hydrogens is 170 g/mol. The molecule has 78 valence electrons. The Morgan fingerprint density at radius 1 is 1.46 bits per heavy atom. The summed E-state index contributed by atoms with van der Waals surface area (Å²) in [5.74, 6) is 0. The molecular formula is C9H19NO3. The van der Waals surface area contributed by atoms with E-state index >= 15 is 0 Å². The molecule has 0 bridgehead atoms. The maximum Gasteiger partial charge on any atom is 0.207 e. The van der Waals surface area contributed by atoms with Crippen LogP contribution in [0.2, 0.25) is 0 Å². The fraction of sp³-hybridized carbons (Fsp3) is 0.889. The Kier molecular flexibility index (Phi) is 5.66. The molecule has 1 N–H and O–H groups in total. The second kappa shape index (κ2) is 5.94. The molecule has 0 aromatic rings. The molecule has 0 aliphatic heterocycles. The van der Waals surface area contributed by atoms with Gasteiger partial charge >= 0.3 is 0 Å². The topological polar surface area (TPSA) is 47.6 Å². The molecule has 0 aliphatic rings. The van der Waals surface area contributed by atoms with E-state index in [0.717, 1.165) is 0 Å². The van der Waals surface area contributed by atoms with Gasteiger partial charge in [-0.2, -0.15) is 0 Å². The van der Waals surface area contributed by atoms with E-state index in [1.54, 1.807) is 0 Å². The Balaban J connectivity index is 3.55. The number of hydrogen-bond acceptors (Lipinski definition) is 3. The SMILES string of the molecule is CC(C)OCOC(C)(C)CNC=O.